The van der Waals surface area contributed by atoms with E-state index in [0.717, 1.165) is 0 Å². The van der Waals surface area contributed by atoms with Crippen LogP contribution in [0.1, 0.15) is 41.5 Å². The van der Waals surface area contributed by atoms with Crippen LogP contribution in [0.3, 0.4) is 0 Å². The van der Waals surface area contributed by atoms with E-state index in [1.807, 2.05) is 0 Å². The number of rotatable bonds is 4. The molecule has 0 aromatic rings. The van der Waals surface area contributed by atoms with Gasteiger partial charge in [0.15, 0.2) is 0 Å². The highest BCUT2D eigenvalue weighted by molar-refractivity contribution is 5.77. The van der Waals surface area contributed by atoms with Crippen molar-refractivity contribution in [3.8, 4) is 0 Å². The topological polar surface area (TPSA) is 26.3 Å². The third-order valence-electron chi connectivity index (χ3n) is 3.40. The van der Waals surface area contributed by atoms with Gasteiger partial charge in [-0.05, 0) is 17.8 Å². The Balaban J connectivity index is 5.27. The van der Waals surface area contributed by atoms with Gasteiger partial charge in [-0.3, -0.25) is 4.79 Å². The molecule has 0 aromatic heterocycles. The summed E-state index contributed by atoms with van der Waals surface area (Å²) in [4.78, 5) is 11.9. The van der Waals surface area contributed by atoms with Crippen molar-refractivity contribution < 1.29 is 9.53 Å². The van der Waals surface area contributed by atoms with Gasteiger partial charge in [0, 0.05) is 0 Å². The summed E-state index contributed by atoms with van der Waals surface area (Å²) in [5.41, 5.74) is -0.352. The van der Waals surface area contributed by atoms with Gasteiger partial charge in [-0.1, -0.05) is 41.5 Å². The second-order valence-corrected chi connectivity index (χ2v) is 4.89. The number of ether oxygens (including phenoxy) is 1. The zero-order valence-corrected chi connectivity index (χ0v) is 10.5. The fourth-order valence-corrected chi connectivity index (χ4v) is 2.88. The van der Waals surface area contributed by atoms with Gasteiger partial charge in [0.1, 0.15) is 0 Å². The fraction of sp³-hybridized carbons (Fsp3) is 0.917. The highest BCUT2D eigenvalue weighted by Gasteiger charge is 2.47. The van der Waals surface area contributed by atoms with E-state index in [-0.39, 0.29) is 11.4 Å². The molecule has 0 saturated carbocycles. The second-order valence-electron chi connectivity index (χ2n) is 4.89. The largest absolute Gasteiger partial charge is 0.469 e. The molecule has 0 saturated heterocycles. The van der Waals surface area contributed by atoms with Crippen LogP contribution in [0.4, 0.5) is 0 Å². The first kappa shape index (κ1) is 13.5. The Morgan fingerprint density at radius 1 is 0.929 bits per heavy atom. The number of carbonyl (C=O) groups excluding carboxylic acids is 1. The van der Waals surface area contributed by atoms with E-state index in [9.17, 15) is 4.79 Å². The van der Waals surface area contributed by atoms with Crippen LogP contribution in [0.5, 0.6) is 0 Å². The van der Waals surface area contributed by atoms with Crippen LogP contribution in [0, 0.1) is 23.2 Å². The molecule has 0 atom stereocenters. The van der Waals surface area contributed by atoms with E-state index in [1.54, 1.807) is 0 Å². The predicted octanol–water partition coefficient (Wildman–Crippen LogP) is 3.11. The molecule has 0 aliphatic rings. The van der Waals surface area contributed by atoms with Crippen LogP contribution in [-0.2, 0) is 9.53 Å². The molecule has 0 N–H and O–H groups in total. The van der Waals surface area contributed by atoms with Gasteiger partial charge in [0.05, 0.1) is 12.5 Å². The maximum atomic E-state index is 11.9. The molecule has 0 spiro atoms. The normalized spacial score (nSPS) is 12.7. The quantitative estimate of drug-likeness (QED) is 0.652. The van der Waals surface area contributed by atoms with Gasteiger partial charge < -0.3 is 4.74 Å². The van der Waals surface area contributed by atoms with Crippen LogP contribution >= 0.6 is 0 Å². The number of esters is 1. The van der Waals surface area contributed by atoms with Crippen molar-refractivity contribution in [2.45, 2.75) is 41.5 Å². The highest BCUT2D eigenvalue weighted by Crippen LogP contribution is 2.43. The molecule has 0 aromatic carbocycles. The first-order chi connectivity index (χ1) is 6.31. The lowest BCUT2D eigenvalue weighted by atomic mass is 9.62. The molecule has 0 fully saturated rings. The minimum absolute atomic E-state index is 0.0718. The summed E-state index contributed by atoms with van der Waals surface area (Å²) in [5.74, 6) is 0.831. The van der Waals surface area contributed by atoms with Crippen LogP contribution in [0.2, 0.25) is 0 Å². The summed E-state index contributed by atoms with van der Waals surface area (Å²) in [6.07, 6.45) is 0. The van der Waals surface area contributed by atoms with E-state index in [4.69, 9.17) is 4.74 Å². The molecule has 0 aliphatic heterocycles. The van der Waals surface area contributed by atoms with Gasteiger partial charge in [-0.25, -0.2) is 0 Å². The minimum atomic E-state index is -0.352. The molecule has 0 amide bonds. The van der Waals surface area contributed by atoms with Crippen molar-refractivity contribution in [3.63, 3.8) is 0 Å². The Hall–Kier alpha value is -0.530. The monoisotopic (exact) mass is 200 g/mol. The Morgan fingerprint density at radius 2 is 1.21 bits per heavy atom. The molecule has 2 heteroatoms. The van der Waals surface area contributed by atoms with Gasteiger partial charge in [0.2, 0.25) is 0 Å². The number of hydrogen-bond acceptors (Lipinski definition) is 2. The Kier molecular flexibility index (Phi) is 4.63. The zero-order chi connectivity index (χ0) is 11.5. The summed E-state index contributed by atoms with van der Waals surface area (Å²) in [6.45, 7) is 12.6. The summed E-state index contributed by atoms with van der Waals surface area (Å²) in [6, 6.07) is 0. The summed E-state index contributed by atoms with van der Waals surface area (Å²) in [7, 11) is 1.48. The van der Waals surface area contributed by atoms with E-state index in [1.165, 1.54) is 7.11 Å². The molecule has 0 rings (SSSR count). The molecule has 0 heterocycles. The van der Waals surface area contributed by atoms with Crippen molar-refractivity contribution in [2.24, 2.45) is 23.2 Å². The lowest BCUT2D eigenvalue weighted by molar-refractivity contribution is -0.164. The smallest absolute Gasteiger partial charge is 0.312 e. The van der Waals surface area contributed by atoms with Crippen LogP contribution < -0.4 is 0 Å². The maximum absolute atomic E-state index is 11.9. The first-order valence-corrected chi connectivity index (χ1v) is 5.40. The molecule has 0 aliphatic carbocycles. The SMILES string of the molecule is COC(=O)C(C(C)C)(C(C)C)C(C)C. The van der Waals surface area contributed by atoms with Gasteiger partial charge in [0.25, 0.3) is 0 Å². The van der Waals surface area contributed by atoms with Crippen molar-refractivity contribution in [3.05, 3.63) is 0 Å². The van der Waals surface area contributed by atoms with Crippen molar-refractivity contribution in [1.29, 1.82) is 0 Å². The maximum Gasteiger partial charge on any atom is 0.312 e. The molecule has 0 unspecified atom stereocenters. The number of hydrogen-bond donors (Lipinski definition) is 0. The summed E-state index contributed by atoms with van der Waals surface area (Å²) >= 11 is 0. The molecule has 0 bridgehead atoms. The Morgan fingerprint density at radius 3 is 1.29 bits per heavy atom. The average molecular weight is 200 g/mol. The lowest BCUT2D eigenvalue weighted by Gasteiger charge is -2.42. The van der Waals surface area contributed by atoms with E-state index in [2.05, 4.69) is 41.5 Å². The number of carbonyl (C=O) groups is 1. The molecular formula is C12H24O2. The van der Waals surface area contributed by atoms with Gasteiger partial charge in [-0.2, -0.15) is 0 Å². The predicted molar refractivity (Wildman–Crippen MR) is 59.0 cm³/mol. The highest BCUT2D eigenvalue weighted by atomic mass is 16.5. The fourth-order valence-electron chi connectivity index (χ4n) is 2.88. The molecule has 0 radical (unpaired) electrons. The van der Waals surface area contributed by atoms with Crippen molar-refractivity contribution in [2.75, 3.05) is 7.11 Å². The number of methoxy groups -OCH3 is 1. The third kappa shape index (κ3) is 1.94. The van der Waals surface area contributed by atoms with Crippen molar-refractivity contribution >= 4 is 5.97 Å². The van der Waals surface area contributed by atoms with Crippen LogP contribution in [-0.4, -0.2) is 13.1 Å². The van der Waals surface area contributed by atoms with E-state index in [0.29, 0.717) is 17.8 Å². The van der Waals surface area contributed by atoms with Gasteiger partial charge in [-0.15, -0.1) is 0 Å². The Labute approximate surface area is 88.0 Å². The zero-order valence-electron chi connectivity index (χ0n) is 10.5. The Bertz CT molecular complexity index is 171. The third-order valence-corrected chi connectivity index (χ3v) is 3.40. The molecule has 84 valence electrons. The van der Waals surface area contributed by atoms with Crippen LogP contribution in [0.15, 0.2) is 0 Å². The minimum Gasteiger partial charge on any atom is -0.469 e. The molecule has 14 heavy (non-hydrogen) atoms. The van der Waals surface area contributed by atoms with E-state index < -0.39 is 0 Å². The summed E-state index contributed by atoms with van der Waals surface area (Å²) in [5, 5.41) is 0. The second kappa shape index (κ2) is 4.81. The van der Waals surface area contributed by atoms with Crippen LogP contribution in [0.25, 0.3) is 0 Å². The lowest BCUT2D eigenvalue weighted by Crippen LogP contribution is -2.46. The van der Waals surface area contributed by atoms with Gasteiger partial charge >= 0.3 is 5.97 Å². The first-order valence-electron chi connectivity index (χ1n) is 5.40. The van der Waals surface area contributed by atoms with Crippen molar-refractivity contribution in [1.82, 2.24) is 0 Å². The summed E-state index contributed by atoms with van der Waals surface area (Å²) < 4.78 is 4.96. The molecule has 2 nitrogen and oxygen atoms in total. The molecular weight excluding hydrogens is 176 g/mol. The van der Waals surface area contributed by atoms with E-state index >= 15 is 0 Å². The standard InChI is InChI=1S/C12H24O2/c1-8(2)12(9(3)4,10(5)6)11(13)14-7/h8-10H,1-7H3. The average Bonchev–Trinajstić information content (AvgIpc) is 2.02.